The number of rotatable bonds is 7. The Hall–Kier alpha value is -1.59. The van der Waals surface area contributed by atoms with Gasteiger partial charge in [-0.2, -0.15) is 0 Å². The molecule has 23 heavy (non-hydrogen) atoms. The maximum Gasteiger partial charge on any atom is 0.408 e. The van der Waals surface area contributed by atoms with Crippen LogP contribution in [0.4, 0.5) is 4.79 Å². The Balaban J connectivity index is 2.59. The summed E-state index contributed by atoms with van der Waals surface area (Å²) in [5.41, 5.74) is 1.57. The lowest BCUT2D eigenvalue weighted by Gasteiger charge is -2.23. The first kappa shape index (κ1) is 19.5. The molecule has 0 heterocycles. The summed E-state index contributed by atoms with van der Waals surface area (Å²) in [5.74, 6) is 0. The highest BCUT2D eigenvalue weighted by atomic mass is 16.6. The van der Waals surface area contributed by atoms with Crippen molar-refractivity contribution in [2.75, 3.05) is 27.2 Å². The third-order valence-corrected chi connectivity index (χ3v) is 3.33. The number of aliphatic hydroxyl groups excluding tert-OH is 1. The third-order valence-electron chi connectivity index (χ3n) is 3.33. The van der Waals surface area contributed by atoms with Gasteiger partial charge < -0.3 is 20.1 Å². The Labute approximate surface area is 139 Å². The summed E-state index contributed by atoms with van der Waals surface area (Å²) >= 11 is 0. The van der Waals surface area contributed by atoms with Crippen LogP contribution in [-0.4, -0.2) is 48.9 Å². The van der Waals surface area contributed by atoms with Gasteiger partial charge >= 0.3 is 6.09 Å². The van der Waals surface area contributed by atoms with Crippen LogP contribution in [0.25, 0.3) is 0 Å². The van der Waals surface area contributed by atoms with Crippen LogP contribution >= 0.6 is 0 Å². The minimum Gasteiger partial charge on any atom is -0.444 e. The fraction of sp³-hybridized carbons (Fsp3) is 0.611. The molecule has 0 aliphatic rings. The van der Waals surface area contributed by atoms with Gasteiger partial charge in [0.15, 0.2) is 0 Å². The first-order chi connectivity index (χ1) is 10.7. The Morgan fingerprint density at radius 3 is 2.35 bits per heavy atom. The van der Waals surface area contributed by atoms with Gasteiger partial charge in [0.1, 0.15) is 5.60 Å². The molecule has 5 nitrogen and oxygen atoms in total. The van der Waals surface area contributed by atoms with Gasteiger partial charge in [0, 0.05) is 0 Å². The van der Waals surface area contributed by atoms with E-state index < -0.39 is 17.7 Å². The summed E-state index contributed by atoms with van der Waals surface area (Å²) in [6.45, 7) is 6.32. The van der Waals surface area contributed by atoms with E-state index in [9.17, 15) is 9.90 Å². The van der Waals surface area contributed by atoms with Gasteiger partial charge in [0.05, 0.1) is 12.6 Å². The van der Waals surface area contributed by atoms with Gasteiger partial charge in [0.2, 0.25) is 0 Å². The van der Waals surface area contributed by atoms with Crippen molar-refractivity contribution in [1.82, 2.24) is 10.2 Å². The van der Waals surface area contributed by atoms with Crippen molar-refractivity contribution in [1.29, 1.82) is 0 Å². The summed E-state index contributed by atoms with van der Waals surface area (Å²) in [6.07, 6.45) is 1.60. The molecule has 130 valence electrons. The number of aliphatic hydroxyl groups is 1. The van der Waals surface area contributed by atoms with Crippen LogP contribution < -0.4 is 5.32 Å². The predicted molar refractivity (Wildman–Crippen MR) is 92.5 cm³/mol. The van der Waals surface area contributed by atoms with Gasteiger partial charge in [-0.05, 0) is 65.4 Å². The van der Waals surface area contributed by atoms with Gasteiger partial charge in [-0.1, -0.05) is 24.3 Å². The lowest BCUT2D eigenvalue weighted by atomic mass is 10.0. The maximum absolute atomic E-state index is 11.8. The molecule has 1 unspecified atom stereocenters. The zero-order valence-electron chi connectivity index (χ0n) is 14.9. The molecular formula is C18H30N2O3. The van der Waals surface area contributed by atoms with Crippen molar-refractivity contribution in [3.8, 4) is 0 Å². The Morgan fingerprint density at radius 2 is 1.87 bits per heavy atom. The van der Waals surface area contributed by atoms with Crippen molar-refractivity contribution in [3.63, 3.8) is 0 Å². The summed E-state index contributed by atoms with van der Waals surface area (Å²) in [5, 5.41) is 12.2. The molecule has 1 rings (SSSR count). The monoisotopic (exact) mass is 322 g/mol. The zero-order valence-corrected chi connectivity index (χ0v) is 14.9. The molecule has 0 aromatic heterocycles. The van der Waals surface area contributed by atoms with E-state index in [1.54, 1.807) is 0 Å². The molecule has 2 N–H and O–H groups in total. The number of hydrogen-bond donors (Lipinski definition) is 2. The van der Waals surface area contributed by atoms with Crippen molar-refractivity contribution >= 4 is 6.09 Å². The number of carbonyl (C=O) groups is 1. The predicted octanol–water partition coefficient (Wildman–Crippen LogP) is 2.74. The van der Waals surface area contributed by atoms with Crippen LogP contribution in [0.2, 0.25) is 0 Å². The number of amides is 1. The third kappa shape index (κ3) is 8.00. The lowest BCUT2D eigenvalue weighted by molar-refractivity contribution is 0.0482. The quantitative estimate of drug-likeness (QED) is 0.810. The first-order valence-electron chi connectivity index (χ1n) is 8.05. The summed E-state index contributed by atoms with van der Waals surface area (Å²) in [4.78, 5) is 14.0. The first-order valence-corrected chi connectivity index (χ1v) is 8.05. The maximum atomic E-state index is 11.8. The van der Waals surface area contributed by atoms with E-state index in [0.717, 1.165) is 24.9 Å². The number of alkyl carbamates (subject to hydrolysis) is 1. The molecule has 5 heteroatoms. The van der Waals surface area contributed by atoms with Crippen LogP contribution in [0.5, 0.6) is 0 Å². The SMILES string of the molecule is CN(C)CCCc1ccc(C(CO)NC(=O)OC(C)(C)C)cc1. The van der Waals surface area contributed by atoms with Crippen LogP contribution in [0, 0.1) is 0 Å². The van der Waals surface area contributed by atoms with Gasteiger partial charge in [-0.15, -0.1) is 0 Å². The molecule has 0 saturated carbocycles. The summed E-state index contributed by atoms with van der Waals surface area (Å²) in [7, 11) is 4.13. The normalized spacial score (nSPS) is 13.0. The molecule has 1 aromatic carbocycles. The summed E-state index contributed by atoms with van der Waals surface area (Å²) in [6, 6.07) is 7.53. The minimum absolute atomic E-state index is 0.167. The van der Waals surface area contributed by atoms with E-state index in [2.05, 4.69) is 24.3 Å². The number of carbonyl (C=O) groups excluding carboxylic acids is 1. The van der Waals surface area contributed by atoms with Gasteiger partial charge in [0.25, 0.3) is 0 Å². The van der Waals surface area contributed by atoms with Crippen LogP contribution in [0.15, 0.2) is 24.3 Å². The number of benzene rings is 1. The van der Waals surface area contributed by atoms with E-state index >= 15 is 0 Å². The van der Waals surface area contributed by atoms with E-state index in [4.69, 9.17) is 4.74 Å². The average Bonchev–Trinajstić information content (AvgIpc) is 2.43. The molecular weight excluding hydrogens is 292 g/mol. The number of ether oxygens (including phenoxy) is 1. The van der Waals surface area contributed by atoms with E-state index in [1.807, 2.05) is 45.0 Å². The topological polar surface area (TPSA) is 61.8 Å². The second kappa shape index (κ2) is 8.89. The van der Waals surface area contributed by atoms with E-state index in [1.165, 1.54) is 5.56 Å². The fourth-order valence-electron chi connectivity index (χ4n) is 2.20. The highest BCUT2D eigenvalue weighted by Gasteiger charge is 2.20. The highest BCUT2D eigenvalue weighted by Crippen LogP contribution is 2.16. The second-order valence-electron chi connectivity index (χ2n) is 7.03. The number of aryl methyl sites for hydroxylation is 1. The standard InChI is InChI=1S/C18H30N2O3/c1-18(2,3)23-17(22)19-16(13-21)15-10-8-14(9-11-15)7-6-12-20(4)5/h8-11,16,21H,6-7,12-13H2,1-5H3,(H,19,22). The Kier molecular flexibility index (Phi) is 7.52. The zero-order chi connectivity index (χ0) is 17.5. The lowest BCUT2D eigenvalue weighted by Crippen LogP contribution is -2.36. The van der Waals surface area contributed by atoms with Crippen molar-refractivity contribution in [2.24, 2.45) is 0 Å². The number of nitrogens with zero attached hydrogens (tertiary/aromatic N) is 1. The summed E-state index contributed by atoms with van der Waals surface area (Å²) < 4.78 is 5.22. The molecule has 0 aliphatic carbocycles. The molecule has 1 amide bonds. The minimum atomic E-state index is -0.555. The van der Waals surface area contributed by atoms with Crippen molar-refractivity contribution in [3.05, 3.63) is 35.4 Å². The molecule has 0 spiro atoms. The number of hydrogen-bond acceptors (Lipinski definition) is 4. The molecule has 0 bridgehead atoms. The molecule has 0 aliphatic heterocycles. The average molecular weight is 322 g/mol. The second-order valence-corrected chi connectivity index (χ2v) is 7.03. The van der Waals surface area contributed by atoms with Crippen LogP contribution in [0.1, 0.15) is 44.4 Å². The van der Waals surface area contributed by atoms with Crippen molar-refractivity contribution < 1.29 is 14.6 Å². The molecule has 0 fully saturated rings. The Bertz CT molecular complexity index is 478. The van der Waals surface area contributed by atoms with Crippen LogP contribution in [-0.2, 0) is 11.2 Å². The molecule has 1 aromatic rings. The van der Waals surface area contributed by atoms with Crippen molar-refractivity contribution in [2.45, 2.75) is 45.3 Å². The molecule has 0 saturated heterocycles. The van der Waals surface area contributed by atoms with Gasteiger partial charge in [-0.3, -0.25) is 0 Å². The highest BCUT2D eigenvalue weighted by molar-refractivity contribution is 5.68. The Morgan fingerprint density at radius 1 is 1.26 bits per heavy atom. The smallest absolute Gasteiger partial charge is 0.408 e. The van der Waals surface area contributed by atoms with Crippen LogP contribution in [0.3, 0.4) is 0 Å². The van der Waals surface area contributed by atoms with Gasteiger partial charge in [-0.25, -0.2) is 4.79 Å². The van der Waals surface area contributed by atoms with E-state index in [0.29, 0.717) is 0 Å². The fourth-order valence-corrected chi connectivity index (χ4v) is 2.20. The molecule has 0 radical (unpaired) electrons. The van der Waals surface area contributed by atoms with E-state index in [-0.39, 0.29) is 6.61 Å². The largest absolute Gasteiger partial charge is 0.444 e. The number of nitrogens with one attached hydrogen (secondary N) is 1. The molecule has 1 atom stereocenters.